The summed E-state index contributed by atoms with van der Waals surface area (Å²) in [5.41, 5.74) is 2.32. The van der Waals surface area contributed by atoms with Crippen LogP contribution in [0.3, 0.4) is 0 Å². The van der Waals surface area contributed by atoms with Crippen LogP contribution in [0.1, 0.15) is 41.6 Å². The van der Waals surface area contributed by atoms with Gasteiger partial charge in [0.05, 0.1) is 24.6 Å². The number of nitrogens with zero attached hydrogens (tertiary/aromatic N) is 3. The molecule has 3 heterocycles. The first-order chi connectivity index (χ1) is 18.2. The summed E-state index contributed by atoms with van der Waals surface area (Å²) in [6.07, 6.45) is 3.26. The number of rotatable bonds is 6. The molecule has 0 atom stereocenters. The number of ether oxygens (including phenoxy) is 3. The van der Waals surface area contributed by atoms with E-state index < -0.39 is 10.0 Å². The number of fused-ring (bicyclic) bond motifs is 1. The number of benzene rings is 2. The van der Waals surface area contributed by atoms with Crippen molar-refractivity contribution < 1.29 is 32.2 Å². The molecule has 2 aromatic carbocycles. The minimum Gasteiger partial charge on any atom is -0.496 e. The third-order valence-electron chi connectivity index (χ3n) is 7.49. The van der Waals surface area contributed by atoms with Crippen LogP contribution < -0.4 is 14.4 Å². The van der Waals surface area contributed by atoms with Crippen molar-refractivity contribution in [3.8, 4) is 11.5 Å². The van der Waals surface area contributed by atoms with Gasteiger partial charge in [0.2, 0.25) is 10.0 Å². The molecule has 10 nitrogen and oxygen atoms in total. The van der Waals surface area contributed by atoms with E-state index in [-0.39, 0.29) is 30.8 Å². The van der Waals surface area contributed by atoms with E-state index in [1.165, 1.54) is 17.7 Å². The van der Waals surface area contributed by atoms with Crippen molar-refractivity contribution in [3.63, 3.8) is 0 Å². The van der Waals surface area contributed by atoms with Crippen molar-refractivity contribution in [2.45, 2.75) is 44.4 Å². The molecule has 2 aromatic rings. The molecular weight excluding hydrogens is 510 g/mol. The molecular formula is C27H33N3O7S. The fourth-order valence-electron chi connectivity index (χ4n) is 5.41. The Labute approximate surface area is 223 Å². The highest BCUT2D eigenvalue weighted by Gasteiger charge is 2.35. The van der Waals surface area contributed by atoms with Crippen LogP contribution >= 0.6 is 0 Å². The van der Waals surface area contributed by atoms with Gasteiger partial charge in [0, 0.05) is 43.9 Å². The molecule has 2 fully saturated rings. The summed E-state index contributed by atoms with van der Waals surface area (Å²) in [6, 6.07) is 12.9. The zero-order chi connectivity index (χ0) is 26.9. The van der Waals surface area contributed by atoms with E-state index in [4.69, 9.17) is 14.2 Å². The highest BCUT2D eigenvalue weighted by atomic mass is 32.2. The van der Waals surface area contributed by atoms with Crippen LogP contribution in [-0.2, 0) is 21.4 Å². The van der Waals surface area contributed by atoms with Crippen LogP contribution in [-0.4, -0.2) is 81.3 Å². The van der Waals surface area contributed by atoms with Crippen molar-refractivity contribution in [2.75, 3.05) is 44.4 Å². The number of amides is 2. The molecule has 38 heavy (non-hydrogen) atoms. The Morgan fingerprint density at radius 3 is 2.39 bits per heavy atom. The number of carbonyl (C=O) groups excluding carboxylic acids is 2. The fraction of sp³-hybridized carbons (Fsp3) is 0.481. The Bertz CT molecular complexity index is 1300. The number of para-hydroxylation sites is 1. The summed E-state index contributed by atoms with van der Waals surface area (Å²) >= 11 is 0. The highest BCUT2D eigenvalue weighted by Crippen LogP contribution is 2.33. The van der Waals surface area contributed by atoms with Crippen LogP contribution in [0.15, 0.2) is 42.5 Å². The van der Waals surface area contributed by atoms with Crippen LogP contribution in [0.2, 0.25) is 0 Å². The maximum absolute atomic E-state index is 13.4. The van der Waals surface area contributed by atoms with Gasteiger partial charge in [-0.25, -0.2) is 17.5 Å². The van der Waals surface area contributed by atoms with Gasteiger partial charge in [-0.3, -0.25) is 9.69 Å². The lowest BCUT2D eigenvalue weighted by atomic mass is 10.00. The zero-order valence-corrected chi connectivity index (χ0v) is 22.5. The second-order valence-corrected chi connectivity index (χ2v) is 11.9. The molecule has 0 N–H and O–H groups in total. The lowest BCUT2D eigenvalue weighted by Gasteiger charge is -2.40. The number of methoxy groups -OCH3 is 1. The van der Waals surface area contributed by atoms with E-state index in [2.05, 4.69) is 0 Å². The minimum atomic E-state index is -3.19. The van der Waals surface area contributed by atoms with E-state index >= 15 is 0 Å². The van der Waals surface area contributed by atoms with Crippen LogP contribution in [0.25, 0.3) is 0 Å². The molecule has 0 radical (unpaired) electrons. The molecule has 11 heteroatoms. The second kappa shape index (κ2) is 10.8. The van der Waals surface area contributed by atoms with Crippen LogP contribution in [0.5, 0.6) is 11.5 Å². The fourth-order valence-corrected chi connectivity index (χ4v) is 6.29. The standard InChI is InChI=1S/C27H33N3O7S/c1-35-25-17-22(37-21-11-15-29(16-12-21)38(2,33)34)7-8-23(25)26(31)28-13-9-20(10-14-28)30-24-6-4-3-5-19(24)18-36-27(30)32/h3-8,17,20-21H,9-16,18H2,1-2H3. The second-order valence-electron chi connectivity index (χ2n) is 9.92. The summed E-state index contributed by atoms with van der Waals surface area (Å²) in [6.45, 7) is 2.15. The van der Waals surface area contributed by atoms with Gasteiger partial charge in [-0.05, 0) is 43.9 Å². The maximum atomic E-state index is 13.4. The normalized spacial score (nSPS) is 19.6. The molecule has 3 aliphatic rings. The first-order valence-corrected chi connectivity index (χ1v) is 14.7. The number of anilines is 1. The van der Waals surface area contributed by atoms with Crippen LogP contribution in [0.4, 0.5) is 10.5 Å². The van der Waals surface area contributed by atoms with E-state index in [0.29, 0.717) is 68.9 Å². The first-order valence-electron chi connectivity index (χ1n) is 12.9. The van der Waals surface area contributed by atoms with Gasteiger partial charge in [0.1, 0.15) is 24.2 Å². The van der Waals surface area contributed by atoms with Gasteiger partial charge in [-0.1, -0.05) is 18.2 Å². The zero-order valence-electron chi connectivity index (χ0n) is 21.7. The van der Waals surface area contributed by atoms with E-state index in [0.717, 1.165) is 11.3 Å². The van der Waals surface area contributed by atoms with E-state index in [9.17, 15) is 18.0 Å². The largest absolute Gasteiger partial charge is 0.496 e. The molecule has 3 aliphatic heterocycles. The number of carbonyl (C=O) groups is 2. The molecule has 0 bridgehead atoms. The number of hydrogen-bond donors (Lipinski definition) is 0. The van der Waals surface area contributed by atoms with Gasteiger partial charge in [0.15, 0.2) is 0 Å². The summed E-state index contributed by atoms with van der Waals surface area (Å²) < 4.78 is 41.9. The summed E-state index contributed by atoms with van der Waals surface area (Å²) in [4.78, 5) is 29.5. The third-order valence-corrected chi connectivity index (χ3v) is 8.80. The summed E-state index contributed by atoms with van der Waals surface area (Å²) in [5, 5.41) is 0. The average molecular weight is 544 g/mol. The van der Waals surface area contributed by atoms with Crippen molar-refractivity contribution >= 4 is 27.7 Å². The Hall–Kier alpha value is -3.31. The molecule has 2 amide bonds. The quantitative estimate of drug-likeness (QED) is 0.551. The SMILES string of the molecule is COc1cc(OC2CCN(S(C)(=O)=O)CC2)ccc1C(=O)N1CCC(N2C(=O)OCc3ccccc32)CC1. The van der Waals surface area contributed by atoms with Gasteiger partial charge in [-0.2, -0.15) is 0 Å². The molecule has 204 valence electrons. The number of piperidine rings is 2. The maximum Gasteiger partial charge on any atom is 0.414 e. The predicted molar refractivity (Wildman–Crippen MR) is 141 cm³/mol. The average Bonchev–Trinajstić information content (AvgIpc) is 2.92. The number of likely N-dealkylation sites (tertiary alicyclic amines) is 1. The summed E-state index contributed by atoms with van der Waals surface area (Å²) in [5.74, 6) is 0.879. The van der Waals surface area contributed by atoms with Gasteiger partial charge < -0.3 is 19.1 Å². The third kappa shape index (κ3) is 5.44. The Kier molecular flexibility index (Phi) is 7.49. The number of hydrogen-bond acceptors (Lipinski definition) is 7. The van der Waals surface area contributed by atoms with E-state index in [1.54, 1.807) is 28.0 Å². The van der Waals surface area contributed by atoms with Crippen molar-refractivity contribution in [1.29, 1.82) is 0 Å². The lowest BCUT2D eigenvalue weighted by molar-refractivity contribution is 0.0705. The first kappa shape index (κ1) is 26.3. The van der Waals surface area contributed by atoms with Crippen LogP contribution in [0, 0.1) is 0 Å². The highest BCUT2D eigenvalue weighted by molar-refractivity contribution is 7.88. The van der Waals surface area contributed by atoms with E-state index in [1.807, 2.05) is 24.3 Å². The van der Waals surface area contributed by atoms with Gasteiger partial charge >= 0.3 is 6.09 Å². The molecule has 2 saturated heterocycles. The molecule has 0 unspecified atom stereocenters. The van der Waals surface area contributed by atoms with Crippen molar-refractivity contribution in [3.05, 3.63) is 53.6 Å². The number of sulfonamides is 1. The van der Waals surface area contributed by atoms with Gasteiger partial charge in [0.25, 0.3) is 5.91 Å². The Morgan fingerprint density at radius 2 is 1.71 bits per heavy atom. The lowest BCUT2D eigenvalue weighted by Crippen LogP contribution is -2.50. The molecule has 0 aromatic heterocycles. The minimum absolute atomic E-state index is 0.0419. The monoisotopic (exact) mass is 543 g/mol. The Morgan fingerprint density at radius 1 is 1.00 bits per heavy atom. The Balaban J connectivity index is 1.21. The topological polar surface area (TPSA) is 106 Å². The van der Waals surface area contributed by atoms with Gasteiger partial charge in [-0.15, -0.1) is 0 Å². The summed E-state index contributed by atoms with van der Waals surface area (Å²) in [7, 11) is -1.67. The number of cyclic esters (lactones) is 1. The molecule has 0 spiro atoms. The molecule has 0 aliphatic carbocycles. The van der Waals surface area contributed by atoms with Crippen molar-refractivity contribution in [2.24, 2.45) is 0 Å². The molecule has 5 rings (SSSR count). The van der Waals surface area contributed by atoms with Crippen molar-refractivity contribution in [1.82, 2.24) is 9.21 Å². The smallest absolute Gasteiger partial charge is 0.414 e. The molecule has 0 saturated carbocycles. The predicted octanol–water partition coefficient (Wildman–Crippen LogP) is 3.26.